The number of hydrogen-bond acceptors (Lipinski definition) is 3. The molecule has 0 radical (unpaired) electrons. The van der Waals surface area contributed by atoms with E-state index in [1.54, 1.807) is 26.0 Å². The van der Waals surface area contributed by atoms with Crippen LogP contribution in [0.1, 0.15) is 25.5 Å². The third kappa shape index (κ3) is 3.24. The van der Waals surface area contributed by atoms with Crippen molar-refractivity contribution in [1.82, 2.24) is 0 Å². The molecule has 1 unspecified atom stereocenters. The number of aliphatic hydroxyl groups excluding tert-OH is 1. The summed E-state index contributed by atoms with van der Waals surface area (Å²) in [4.78, 5) is 10.8. The van der Waals surface area contributed by atoms with Crippen molar-refractivity contribution >= 4 is 5.91 Å². The molecule has 1 aromatic carbocycles. The lowest BCUT2D eigenvalue weighted by Gasteiger charge is -2.14. The fourth-order valence-electron chi connectivity index (χ4n) is 1.25. The van der Waals surface area contributed by atoms with Gasteiger partial charge in [-0.05, 0) is 13.0 Å². The average molecular weight is 223 g/mol. The van der Waals surface area contributed by atoms with Crippen LogP contribution in [0.25, 0.3) is 0 Å². The van der Waals surface area contributed by atoms with Gasteiger partial charge in [-0.2, -0.15) is 0 Å². The first-order chi connectivity index (χ1) is 7.52. The van der Waals surface area contributed by atoms with Gasteiger partial charge in [0.1, 0.15) is 5.75 Å². The summed E-state index contributed by atoms with van der Waals surface area (Å²) in [6.07, 6.45) is -0.597. The molecule has 1 aromatic rings. The van der Waals surface area contributed by atoms with Gasteiger partial charge in [0.25, 0.3) is 0 Å². The van der Waals surface area contributed by atoms with E-state index in [9.17, 15) is 9.90 Å². The molecule has 0 heterocycles. The zero-order chi connectivity index (χ0) is 12.1. The van der Waals surface area contributed by atoms with Crippen molar-refractivity contribution in [1.29, 1.82) is 0 Å². The largest absolute Gasteiger partial charge is 0.492 e. The van der Waals surface area contributed by atoms with Crippen molar-refractivity contribution in [3.05, 3.63) is 29.8 Å². The number of ether oxygens (including phenoxy) is 1. The summed E-state index contributed by atoms with van der Waals surface area (Å²) < 4.78 is 5.46. The highest BCUT2D eigenvalue weighted by Gasteiger charge is 2.12. The summed E-state index contributed by atoms with van der Waals surface area (Å²) in [6.45, 7) is 3.59. The van der Waals surface area contributed by atoms with Crippen LogP contribution in [0.15, 0.2) is 24.3 Å². The Kier molecular flexibility index (Phi) is 4.31. The van der Waals surface area contributed by atoms with E-state index in [1.165, 1.54) is 0 Å². The van der Waals surface area contributed by atoms with Crippen molar-refractivity contribution in [2.45, 2.75) is 20.0 Å². The maximum Gasteiger partial charge on any atom is 0.223 e. The lowest BCUT2D eigenvalue weighted by molar-refractivity contribution is -0.122. The van der Waals surface area contributed by atoms with Crippen LogP contribution >= 0.6 is 0 Å². The predicted octanol–water partition coefficient (Wildman–Crippen LogP) is 1.24. The smallest absolute Gasteiger partial charge is 0.223 e. The number of para-hydroxylation sites is 1. The van der Waals surface area contributed by atoms with E-state index >= 15 is 0 Å². The molecule has 1 amide bonds. The summed E-state index contributed by atoms with van der Waals surface area (Å²) in [6, 6.07) is 7.19. The third-order valence-corrected chi connectivity index (χ3v) is 2.34. The van der Waals surface area contributed by atoms with Crippen molar-refractivity contribution in [2.75, 3.05) is 6.61 Å². The molecule has 0 aromatic heterocycles. The minimum Gasteiger partial charge on any atom is -0.492 e. The number of benzene rings is 1. The van der Waals surface area contributed by atoms with Crippen LogP contribution in [0.2, 0.25) is 0 Å². The van der Waals surface area contributed by atoms with Crippen LogP contribution in [-0.4, -0.2) is 17.6 Å². The van der Waals surface area contributed by atoms with Crippen LogP contribution in [0.4, 0.5) is 0 Å². The zero-order valence-electron chi connectivity index (χ0n) is 9.51. The first-order valence-electron chi connectivity index (χ1n) is 5.21. The highest BCUT2D eigenvalue weighted by atomic mass is 16.5. The highest BCUT2D eigenvalue weighted by molar-refractivity contribution is 5.76. The van der Waals surface area contributed by atoms with Gasteiger partial charge in [-0.3, -0.25) is 4.79 Å². The van der Waals surface area contributed by atoms with Gasteiger partial charge in [0, 0.05) is 5.56 Å². The Morgan fingerprint density at radius 2 is 2.06 bits per heavy atom. The summed E-state index contributed by atoms with van der Waals surface area (Å²) in [5.74, 6) is -0.151. The van der Waals surface area contributed by atoms with Gasteiger partial charge in [0.05, 0.1) is 18.6 Å². The van der Waals surface area contributed by atoms with Gasteiger partial charge in [-0.25, -0.2) is 0 Å². The number of nitrogens with two attached hydrogens (primary N) is 1. The fourth-order valence-corrected chi connectivity index (χ4v) is 1.25. The second kappa shape index (κ2) is 5.51. The van der Waals surface area contributed by atoms with Gasteiger partial charge in [0.15, 0.2) is 0 Å². The number of primary amides is 1. The van der Waals surface area contributed by atoms with Crippen molar-refractivity contribution in [3.63, 3.8) is 0 Å². The summed E-state index contributed by atoms with van der Waals surface area (Å²) in [5.41, 5.74) is 5.84. The summed E-state index contributed by atoms with van der Waals surface area (Å²) in [7, 11) is 0. The standard InChI is InChI=1S/C12H17NO3/c1-8(12(13)15)7-16-11-6-4-3-5-10(11)9(2)14/h3-6,8-9,14H,7H2,1-2H3,(H2,13,15)/t8?,9-/m0/s1. The molecule has 0 spiro atoms. The van der Waals surface area contributed by atoms with Gasteiger partial charge in [-0.1, -0.05) is 25.1 Å². The second-order valence-electron chi connectivity index (χ2n) is 3.83. The molecule has 0 aliphatic carbocycles. The van der Waals surface area contributed by atoms with Crippen LogP contribution in [0, 0.1) is 5.92 Å². The van der Waals surface area contributed by atoms with E-state index in [0.717, 1.165) is 0 Å². The predicted molar refractivity (Wildman–Crippen MR) is 60.9 cm³/mol. The Labute approximate surface area is 95.0 Å². The number of rotatable bonds is 5. The first kappa shape index (κ1) is 12.5. The molecule has 1 rings (SSSR count). The molecule has 0 bridgehead atoms. The van der Waals surface area contributed by atoms with Crippen LogP contribution in [-0.2, 0) is 4.79 Å². The molecular formula is C12H17NO3. The monoisotopic (exact) mass is 223 g/mol. The molecule has 88 valence electrons. The number of carbonyl (C=O) groups is 1. The van der Waals surface area contributed by atoms with Crippen LogP contribution in [0.3, 0.4) is 0 Å². The Hall–Kier alpha value is -1.55. The molecule has 0 aliphatic heterocycles. The number of carbonyl (C=O) groups excluding carboxylic acids is 1. The second-order valence-corrected chi connectivity index (χ2v) is 3.83. The van der Waals surface area contributed by atoms with Gasteiger partial charge in [-0.15, -0.1) is 0 Å². The van der Waals surface area contributed by atoms with Gasteiger partial charge < -0.3 is 15.6 Å². The van der Waals surface area contributed by atoms with Crippen LogP contribution < -0.4 is 10.5 Å². The molecular weight excluding hydrogens is 206 g/mol. The Bertz CT molecular complexity index is 363. The Morgan fingerprint density at radius 3 is 2.62 bits per heavy atom. The average Bonchev–Trinajstić information content (AvgIpc) is 2.25. The fraction of sp³-hybridized carbons (Fsp3) is 0.417. The molecule has 4 heteroatoms. The molecule has 0 saturated heterocycles. The first-order valence-corrected chi connectivity index (χ1v) is 5.21. The molecule has 4 nitrogen and oxygen atoms in total. The van der Waals surface area contributed by atoms with Crippen molar-refractivity contribution < 1.29 is 14.6 Å². The highest BCUT2D eigenvalue weighted by Crippen LogP contribution is 2.24. The maximum absolute atomic E-state index is 10.8. The van der Waals surface area contributed by atoms with Gasteiger partial charge in [0.2, 0.25) is 5.91 Å². The lowest BCUT2D eigenvalue weighted by atomic mass is 10.1. The number of hydrogen-bond donors (Lipinski definition) is 2. The summed E-state index contributed by atoms with van der Waals surface area (Å²) >= 11 is 0. The molecule has 16 heavy (non-hydrogen) atoms. The summed E-state index contributed by atoms with van der Waals surface area (Å²) in [5, 5.41) is 9.51. The van der Waals surface area contributed by atoms with E-state index in [-0.39, 0.29) is 12.5 Å². The topological polar surface area (TPSA) is 72.6 Å². The molecule has 0 saturated carbocycles. The number of amides is 1. The van der Waals surface area contributed by atoms with Gasteiger partial charge >= 0.3 is 0 Å². The van der Waals surface area contributed by atoms with E-state index < -0.39 is 12.0 Å². The molecule has 0 fully saturated rings. The van der Waals surface area contributed by atoms with E-state index in [0.29, 0.717) is 11.3 Å². The Balaban J connectivity index is 2.70. The zero-order valence-corrected chi connectivity index (χ0v) is 9.51. The molecule has 3 N–H and O–H groups in total. The quantitative estimate of drug-likeness (QED) is 0.788. The molecule has 2 atom stereocenters. The minimum atomic E-state index is -0.597. The number of aliphatic hydroxyl groups is 1. The molecule has 0 aliphatic rings. The maximum atomic E-state index is 10.8. The normalized spacial score (nSPS) is 14.2. The van der Waals surface area contributed by atoms with E-state index in [2.05, 4.69) is 0 Å². The van der Waals surface area contributed by atoms with Crippen molar-refractivity contribution in [2.24, 2.45) is 11.7 Å². The lowest BCUT2D eigenvalue weighted by Crippen LogP contribution is -2.26. The van der Waals surface area contributed by atoms with Crippen LogP contribution in [0.5, 0.6) is 5.75 Å². The van der Waals surface area contributed by atoms with E-state index in [1.807, 2.05) is 12.1 Å². The third-order valence-electron chi connectivity index (χ3n) is 2.34. The SMILES string of the molecule is CC(COc1ccccc1[C@H](C)O)C(N)=O. The Morgan fingerprint density at radius 1 is 1.44 bits per heavy atom. The van der Waals surface area contributed by atoms with Crippen molar-refractivity contribution in [3.8, 4) is 5.75 Å². The minimum absolute atomic E-state index is 0.221. The van der Waals surface area contributed by atoms with E-state index in [4.69, 9.17) is 10.5 Å².